The largest absolute Gasteiger partial charge is 0.497 e. The molecule has 0 unspecified atom stereocenters. The number of hydrogen-bond donors (Lipinski definition) is 0. The fourth-order valence-corrected chi connectivity index (χ4v) is 5.02. The Hall–Kier alpha value is -2.00. The van der Waals surface area contributed by atoms with Crippen LogP contribution in [0.1, 0.15) is 56.9 Å². The van der Waals surface area contributed by atoms with Gasteiger partial charge < -0.3 is 14.2 Å². The van der Waals surface area contributed by atoms with E-state index in [9.17, 15) is 0 Å². The molecule has 0 radical (unpaired) electrons. The van der Waals surface area contributed by atoms with E-state index in [0.29, 0.717) is 5.41 Å². The Balaban J connectivity index is 1.30. The summed E-state index contributed by atoms with van der Waals surface area (Å²) in [5.74, 6) is 3.48. The molecular formula is C25H30O3. The molecule has 28 heavy (non-hydrogen) atoms. The number of fused-ring (bicyclic) bond motifs is 3. The molecule has 0 spiro atoms. The zero-order valence-corrected chi connectivity index (χ0v) is 16.8. The first-order valence-corrected chi connectivity index (χ1v) is 10.8. The lowest BCUT2D eigenvalue weighted by Gasteiger charge is -2.53. The van der Waals surface area contributed by atoms with Crippen molar-refractivity contribution < 1.29 is 14.2 Å². The molecule has 2 heterocycles. The van der Waals surface area contributed by atoms with E-state index in [-0.39, 0.29) is 5.60 Å². The molecule has 2 saturated heterocycles. The highest BCUT2D eigenvalue weighted by Crippen LogP contribution is 2.56. The predicted octanol–water partition coefficient (Wildman–Crippen LogP) is 6.46. The third-order valence-corrected chi connectivity index (χ3v) is 7.19. The first kappa shape index (κ1) is 18.1. The van der Waals surface area contributed by atoms with Crippen LogP contribution in [0.15, 0.2) is 48.5 Å². The topological polar surface area (TPSA) is 27.7 Å². The van der Waals surface area contributed by atoms with Crippen molar-refractivity contribution in [2.75, 3.05) is 13.7 Å². The van der Waals surface area contributed by atoms with E-state index in [2.05, 4.69) is 18.2 Å². The van der Waals surface area contributed by atoms with Crippen LogP contribution in [0.2, 0.25) is 0 Å². The molecule has 3 heteroatoms. The highest BCUT2D eigenvalue weighted by atomic mass is 16.5. The Labute approximate surface area is 168 Å². The van der Waals surface area contributed by atoms with Crippen molar-refractivity contribution in [3.63, 3.8) is 0 Å². The number of rotatable bonds is 7. The van der Waals surface area contributed by atoms with Gasteiger partial charge in [-0.15, -0.1) is 0 Å². The van der Waals surface area contributed by atoms with Crippen LogP contribution in [0.25, 0.3) is 0 Å². The van der Waals surface area contributed by atoms with Gasteiger partial charge in [0.2, 0.25) is 0 Å². The molecule has 0 aromatic heterocycles. The Morgan fingerprint density at radius 1 is 0.929 bits per heavy atom. The van der Waals surface area contributed by atoms with Crippen molar-refractivity contribution in [3.8, 4) is 17.2 Å². The number of ether oxygens (including phenoxy) is 3. The van der Waals surface area contributed by atoms with Crippen LogP contribution >= 0.6 is 0 Å². The summed E-state index contributed by atoms with van der Waals surface area (Å²) in [6.07, 6.45) is 10.6. The Morgan fingerprint density at radius 3 is 2.32 bits per heavy atom. The van der Waals surface area contributed by atoms with Crippen LogP contribution < -0.4 is 9.47 Å². The molecule has 6 rings (SSSR count). The number of methoxy groups -OCH3 is 1. The standard InChI is InChI=1S/C25H30O3/c1-26-21-5-3-7-23(17-21)28-22-6-2-4-20(16-22)25-14-12-24(13-15-25,18-27-25)11-10-19-8-9-19/h2-7,16-17,19H,8-15,18H2,1H3. The molecule has 2 aliphatic carbocycles. The van der Waals surface area contributed by atoms with Gasteiger partial charge in [0.25, 0.3) is 0 Å². The zero-order chi connectivity index (χ0) is 19.0. The van der Waals surface area contributed by atoms with Crippen LogP contribution in [-0.4, -0.2) is 13.7 Å². The van der Waals surface area contributed by atoms with Gasteiger partial charge in [-0.3, -0.25) is 0 Å². The summed E-state index contributed by atoms with van der Waals surface area (Å²) in [6, 6.07) is 16.2. The first-order valence-electron chi connectivity index (χ1n) is 10.8. The quantitative estimate of drug-likeness (QED) is 0.553. The van der Waals surface area contributed by atoms with Gasteiger partial charge in [0.05, 0.1) is 19.3 Å². The predicted molar refractivity (Wildman–Crippen MR) is 110 cm³/mol. The molecule has 0 amide bonds. The third-order valence-electron chi connectivity index (χ3n) is 7.19. The van der Waals surface area contributed by atoms with Crippen LogP contribution in [0.4, 0.5) is 0 Å². The fourth-order valence-electron chi connectivity index (χ4n) is 5.02. The summed E-state index contributed by atoms with van der Waals surface area (Å²) in [5, 5.41) is 0. The van der Waals surface area contributed by atoms with Crippen molar-refractivity contribution in [2.45, 2.75) is 57.0 Å². The smallest absolute Gasteiger partial charge is 0.131 e. The monoisotopic (exact) mass is 378 g/mol. The van der Waals surface area contributed by atoms with E-state index in [1.807, 2.05) is 30.3 Å². The Morgan fingerprint density at radius 2 is 1.64 bits per heavy atom. The first-order chi connectivity index (χ1) is 13.7. The second-order valence-corrected chi connectivity index (χ2v) is 9.07. The molecule has 2 aliphatic heterocycles. The third kappa shape index (κ3) is 3.53. The molecule has 2 aromatic carbocycles. The van der Waals surface area contributed by atoms with Gasteiger partial charge in [0, 0.05) is 6.07 Å². The van der Waals surface area contributed by atoms with E-state index in [0.717, 1.165) is 42.6 Å². The van der Waals surface area contributed by atoms with Crippen molar-refractivity contribution >= 4 is 0 Å². The lowest BCUT2D eigenvalue weighted by molar-refractivity contribution is -0.192. The lowest BCUT2D eigenvalue weighted by Crippen LogP contribution is -2.49. The molecule has 2 saturated carbocycles. The van der Waals surface area contributed by atoms with E-state index in [1.54, 1.807) is 7.11 Å². The minimum Gasteiger partial charge on any atom is -0.497 e. The minimum absolute atomic E-state index is 0.116. The Kier molecular flexibility index (Phi) is 4.59. The fraction of sp³-hybridized carbons (Fsp3) is 0.520. The zero-order valence-electron chi connectivity index (χ0n) is 16.8. The van der Waals surface area contributed by atoms with Gasteiger partial charge in [-0.1, -0.05) is 31.0 Å². The highest BCUT2D eigenvalue weighted by molar-refractivity contribution is 5.39. The Bertz CT molecular complexity index is 815. The number of benzene rings is 2. The van der Waals surface area contributed by atoms with Crippen molar-refractivity contribution in [1.29, 1.82) is 0 Å². The molecule has 148 valence electrons. The second kappa shape index (κ2) is 7.11. The van der Waals surface area contributed by atoms with Crippen LogP contribution in [0.5, 0.6) is 17.2 Å². The average molecular weight is 379 g/mol. The van der Waals surface area contributed by atoms with E-state index in [1.165, 1.54) is 44.1 Å². The molecule has 4 aliphatic rings. The minimum atomic E-state index is -0.116. The van der Waals surface area contributed by atoms with Crippen molar-refractivity contribution in [2.24, 2.45) is 11.3 Å². The summed E-state index contributed by atoms with van der Waals surface area (Å²) in [6.45, 7) is 0.931. The van der Waals surface area contributed by atoms with Crippen LogP contribution in [0.3, 0.4) is 0 Å². The highest BCUT2D eigenvalue weighted by Gasteiger charge is 2.50. The van der Waals surface area contributed by atoms with Gasteiger partial charge in [0.1, 0.15) is 17.2 Å². The molecule has 2 bridgehead atoms. The van der Waals surface area contributed by atoms with E-state index < -0.39 is 0 Å². The van der Waals surface area contributed by atoms with Gasteiger partial charge >= 0.3 is 0 Å². The summed E-state index contributed by atoms with van der Waals surface area (Å²) in [7, 11) is 1.67. The van der Waals surface area contributed by atoms with E-state index in [4.69, 9.17) is 14.2 Å². The van der Waals surface area contributed by atoms with Gasteiger partial charge in [0.15, 0.2) is 0 Å². The molecule has 0 atom stereocenters. The van der Waals surface area contributed by atoms with Gasteiger partial charge in [-0.25, -0.2) is 0 Å². The molecule has 4 fully saturated rings. The van der Waals surface area contributed by atoms with Crippen molar-refractivity contribution in [1.82, 2.24) is 0 Å². The van der Waals surface area contributed by atoms with Crippen LogP contribution in [-0.2, 0) is 10.3 Å². The van der Waals surface area contributed by atoms with E-state index >= 15 is 0 Å². The molecule has 3 nitrogen and oxygen atoms in total. The van der Waals surface area contributed by atoms with Crippen molar-refractivity contribution in [3.05, 3.63) is 54.1 Å². The normalized spacial score (nSPS) is 28.9. The number of hydrogen-bond acceptors (Lipinski definition) is 3. The molecule has 0 N–H and O–H groups in total. The second-order valence-electron chi connectivity index (χ2n) is 9.07. The summed E-state index contributed by atoms with van der Waals surface area (Å²) < 4.78 is 18.0. The summed E-state index contributed by atoms with van der Waals surface area (Å²) in [4.78, 5) is 0. The SMILES string of the molecule is COc1cccc(Oc2cccc(C34CCC(CCC5CC5)(CC3)CO4)c2)c1. The maximum atomic E-state index is 6.57. The summed E-state index contributed by atoms with van der Waals surface area (Å²) >= 11 is 0. The van der Waals surface area contributed by atoms with Gasteiger partial charge in [-0.2, -0.15) is 0 Å². The molecular weight excluding hydrogens is 348 g/mol. The summed E-state index contributed by atoms with van der Waals surface area (Å²) in [5.41, 5.74) is 1.61. The lowest BCUT2D eigenvalue weighted by atomic mass is 9.62. The maximum absolute atomic E-state index is 6.57. The van der Waals surface area contributed by atoms with Crippen LogP contribution in [0, 0.1) is 11.3 Å². The maximum Gasteiger partial charge on any atom is 0.131 e. The van der Waals surface area contributed by atoms with Gasteiger partial charge in [-0.05, 0) is 79.7 Å². The molecule has 2 aromatic rings. The average Bonchev–Trinajstić information content (AvgIpc) is 3.59.